The van der Waals surface area contributed by atoms with Crippen molar-refractivity contribution < 1.29 is 13.2 Å². The van der Waals surface area contributed by atoms with Crippen molar-refractivity contribution >= 4 is 15.9 Å². The fourth-order valence-electron chi connectivity index (χ4n) is 4.21. The van der Waals surface area contributed by atoms with E-state index in [2.05, 4.69) is 20.8 Å². The van der Waals surface area contributed by atoms with Crippen LogP contribution in [-0.2, 0) is 10.0 Å². The van der Waals surface area contributed by atoms with Crippen molar-refractivity contribution in [1.82, 2.24) is 9.21 Å². The van der Waals surface area contributed by atoms with E-state index in [4.69, 9.17) is 0 Å². The lowest BCUT2D eigenvalue weighted by atomic mass is 9.92. The maximum Gasteiger partial charge on any atom is 0.254 e. The van der Waals surface area contributed by atoms with Gasteiger partial charge >= 0.3 is 0 Å². The molecule has 0 bridgehead atoms. The minimum atomic E-state index is -3.47. The normalized spacial score (nSPS) is 23.0. The standard InChI is InChI=1S/C21H32N2O3S/c1-16(2)20-6-4-5-13-23(20)21(24)18-7-9-19(10-8-18)27(25,26)22-14-11-17(3)12-15-22/h7-10,16-17,20H,4-6,11-15H2,1-3H3. The highest BCUT2D eigenvalue weighted by Gasteiger charge is 2.31. The smallest absolute Gasteiger partial charge is 0.254 e. The first-order valence-corrected chi connectivity index (χ1v) is 11.7. The number of amides is 1. The highest BCUT2D eigenvalue weighted by molar-refractivity contribution is 7.89. The molecule has 0 saturated carbocycles. The molecule has 1 atom stereocenters. The average molecular weight is 393 g/mol. The zero-order valence-electron chi connectivity index (χ0n) is 16.7. The van der Waals surface area contributed by atoms with E-state index < -0.39 is 10.0 Å². The highest BCUT2D eigenvalue weighted by atomic mass is 32.2. The number of hydrogen-bond donors (Lipinski definition) is 0. The van der Waals surface area contributed by atoms with Crippen LogP contribution in [0, 0.1) is 11.8 Å². The molecule has 0 aromatic heterocycles. The SMILES string of the molecule is CC1CCN(S(=O)(=O)c2ccc(C(=O)N3CCCCC3C(C)C)cc2)CC1. The second kappa shape index (κ2) is 8.31. The number of piperidine rings is 2. The summed E-state index contributed by atoms with van der Waals surface area (Å²) in [4.78, 5) is 15.2. The van der Waals surface area contributed by atoms with Gasteiger partial charge in [-0.25, -0.2) is 8.42 Å². The summed E-state index contributed by atoms with van der Waals surface area (Å²) in [7, 11) is -3.47. The molecular weight excluding hydrogens is 360 g/mol. The Kier molecular flexibility index (Phi) is 6.26. The highest BCUT2D eigenvalue weighted by Crippen LogP contribution is 2.27. The van der Waals surface area contributed by atoms with Gasteiger partial charge in [0.25, 0.3) is 5.91 Å². The number of nitrogens with zero attached hydrogens (tertiary/aromatic N) is 2. The van der Waals surface area contributed by atoms with Crippen molar-refractivity contribution in [1.29, 1.82) is 0 Å². The summed E-state index contributed by atoms with van der Waals surface area (Å²) < 4.78 is 27.3. The van der Waals surface area contributed by atoms with E-state index in [0.717, 1.165) is 38.6 Å². The molecule has 0 aliphatic carbocycles. The van der Waals surface area contributed by atoms with Crippen molar-refractivity contribution in [2.24, 2.45) is 11.8 Å². The van der Waals surface area contributed by atoms with Gasteiger partial charge in [0.15, 0.2) is 0 Å². The molecule has 0 spiro atoms. The maximum absolute atomic E-state index is 13.0. The summed E-state index contributed by atoms with van der Waals surface area (Å²) in [5.74, 6) is 1.02. The van der Waals surface area contributed by atoms with E-state index in [-0.39, 0.29) is 16.8 Å². The van der Waals surface area contributed by atoms with Crippen molar-refractivity contribution in [2.45, 2.75) is 63.8 Å². The van der Waals surface area contributed by atoms with Gasteiger partial charge in [-0.1, -0.05) is 20.8 Å². The predicted molar refractivity (Wildman–Crippen MR) is 107 cm³/mol. The van der Waals surface area contributed by atoms with Crippen LogP contribution < -0.4 is 0 Å². The second-order valence-corrected chi connectivity index (χ2v) is 10.4. The van der Waals surface area contributed by atoms with Gasteiger partial charge < -0.3 is 4.90 Å². The molecule has 2 fully saturated rings. The summed E-state index contributed by atoms with van der Waals surface area (Å²) in [6.07, 6.45) is 5.05. The summed E-state index contributed by atoms with van der Waals surface area (Å²) in [6, 6.07) is 6.80. The molecule has 2 aliphatic rings. The molecule has 2 saturated heterocycles. The van der Waals surface area contributed by atoms with Crippen LogP contribution in [-0.4, -0.2) is 49.2 Å². The summed E-state index contributed by atoms with van der Waals surface area (Å²) >= 11 is 0. The van der Waals surface area contributed by atoms with E-state index in [1.54, 1.807) is 28.6 Å². The van der Waals surface area contributed by atoms with Crippen LogP contribution in [0.2, 0.25) is 0 Å². The predicted octanol–water partition coefficient (Wildman–Crippen LogP) is 3.76. The Morgan fingerprint density at radius 1 is 1.00 bits per heavy atom. The minimum absolute atomic E-state index is 0.0177. The lowest BCUT2D eigenvalue weighted by molar-refractivity contribution is 0.0543. The average Bonchev–Trinajstić information content (AvgIpc) is 2.68. The van der Waals surface area contributed by atoms with Crippen LogP contribution in [0.25, 0.3) is 0 Å². The van der Waals surface area contributed by atoms with E-state index in [1.807, 2.05) is 4.90 Å². The summed E-state index contributed by atoms with van der Waals surface area (Å²) in [5, 5.41) is 0. The fraction of sp³-hybridized carbons (Fsp3) is 0.667. The Hall–Kier alpha value is -1.40. The van der Waals surface area contributed by atoms with Gasteiger partial charge in [0.05, 0.1) is 4.90 Å². The molecule has 1 aromatic carbocycles. The first kappa shape index (κ1) is 20.3. The number of carbonyl (C=O) groups is 1. The zero-order chi connectivity index (χ0) is 19.6. The Labute approximate surface area is 163 Å². The van der Waals surface area contributed by atoms with Crippen LogP contribution in [0.4, 0.5) is 0 Å². The Morgan fingerprint density at radius 2 is 1.63 bits per heavy atom. The van der Waals surface area contributed by atoms with Crippen LogP contribution in [0.15, 0.2) is 29.2 Å². The van der Waals surface area contributed by atoms with Gasteiger partial charge in [-0.05, 0) is 68.2 Å². The third kappa shape index (κ3) is 4.37. The Morgan fingerprint density at radius 3 is 2.22 bits per heavy atom. The van der Waals surface area contributed by atoms with Crippen molar-refractivity contribution in [3.8, 4) is 0 Å². The van der Waals surface area contributed by atoms with Gasteiger partial charge in [-0.3, -0.25) is 4.79 Å². The molecule has 5 nitrogen and oxygen atoms in total. The quantitative estimate of drug-likeness (QED) is 0.784. The molecule has 0 N–H and O–H groups in total. The van der Waals surface area contributed by atoms with Gasteiger partial charge in [0, 0.05) is 31.2 Å². The number of rotatable bonds is 4. The fourth-order valence-corrected chi connectivity index (χ4v) is 5.68. The zero-order valence-corrected chi connectivity index (χ0v) is 17.5. The van der Waals surface area contributed by atoms with Crippen molar-refractivity contribution in [3.05, 3.63) is 29.8 Å². The molecule has 2 heterocycles. The summed E-state index contributed by atoms with van der Waals surface area (Å²) in [6.45, 7) is 8.42. The van der Waals surface area contributed by atoms with Gasteiger partial charge in [0.2, 0.25) is 10.0 Å². The number of hydrogen-bond acceptors (Lipinski definition) is 3. The van der Waals surface area contributed by atoms with Crippen LogP contribution in [0.3, 0.4) is 0 Å². The molecular formula is C21H32N2O3S. The molecule has 2 aliphatic heterocycles. The largest absolute Gasteiger partial charge is 0.335 e. The minimum Gasteiger partial charge on any atom is -0.335 e. The summed E-state index contributed by atoms with van der Waals surface area (Å²) in [5.41, 5.74) is 0.578. The molecule has 6 heteroatoms. The maximum atomic E-state index is 13.0. The lowest BCUT2D eigenvalue weighted by Gasteiger charge is -2.38. The Bertz CT molecular complexity index is 750. The van der Waals surface area contributed by atoms with E-state index in [9.17, 15) is 13.2 Å². The van der Waals surface area contributed by atoms with Crippen molar-refractivity contribution in [3.63, 3.8) is 0 Å². The third-order valence-corrected chi connectivity index (χ3v) is 7.97. The molecule has 1 unspecified atom stereocenters. The molecule has 0 radical (unpaired) electrons. The van der Waals surface area contributed by atoms with E-state index >= 15 is 0 Å². The first-order chi connectivity index (χ1) is 12.8. The van der Waals surface area contributed by atoms with Crippen molar-refractivity contribution in [2.75, 3.05) is 19.6 Å². The second-order valence-electron chi connectivity index (χ2n) is 8.42. The lowest BCUT2D eigenvalue weighted by Crippen LogP contribution is -2.46. The van der Waals surface area contributed by atoms with Gasteiger partial charge in [-0.15, -0.1) is 0 Å². The monoisotopic (exact) mass is 392 g/mol. The number of likely N-dealkylation sites (tertiary alicyclic amines) is 1. The van der Waals surface area contributed by atoms with Crippen LogP contribution in [0.5, 0.6) is 0 Å². The molecule has 1 aromatic rings. The molecule has 1 amide bonds. The topological polar surface area (TPSA) is 57.7 Å². The number of benzene rings is 1. The molecule has 150 valence electrons. The Balaban J connectivity index is 1.75. The van der Waals surface area contributed by atoms with E-state index in [0.29, 0.717) is 30.5 Å². The first-order valence-electron chi connectivity index (χ1n) is 10.2. The van der Waals surface area contributed by atoms with Gasteiger partial charge in [0.1, 0.15) is 0 Å². The molecule has 27 heavy (non-hydrogen) atoms. The number of sulfonamides is 1. The van der Waals surface area contributed by atoms with Crippen LogP contribution >= 0.6 is 0 Å². The van der Waals surface area contributed by atoms with Gasteiger partial charge in [-0.2, -0.15) is 4.31 Å². The number of carbonyl (C=O) groups excluding carboxylic acids is 1. The van der Waals surface area contributed by atoms with E-state index in [1.165, 1.54) is 0 Å². The molecule has 3 rings (SSSR count). The third-order valence-electron chi connectivity index (χ3n) is 6.06. The van der Waals surface area contributed by atoms with Crippen LogP contribution in [0.1, 0.15) is 63.2 Å².